The van der Waals surface area contributed by atoms with Gasteiger partial charge in [-0.25, -0.2) is 4.98 Å². The van der Waals surface area contributed by atoms with Crippen molar-refractivity contribution in [3.05, 3.63) is 45.1 Å². The molecule has 1 amide bonds. The minimum Gasteiger partial charge on any atom is -0.497 e. The Morgan fingerprint density at radius 1 is 1.31 bits per heavy atom. The van der Waals surface area contributed by atoms with Gasteiger partial charge in [0, 0.05) is 11.9 Å². The Kier molecular flexibility index (Phi) is 6.36. The molecule has 4 rings (SSSR count). The summed E-state index contributed by atoms with van der Waals surface area (Å²) in [5, 5.41) is 3.89. The molecule has 170 valence electrons. The van der Waals surface area contributed by atoms with Crippen molar-refractivity contribution in [2.24, 2.45) is 11.3 Å². The summed E-state index contributed by atoms with van der Waals surface area (Å²) < 4.78 is 6.91. The SMILES string of the molecule is CNC(=O)CSc1nc2sc3c(c2c(=O)n1-c1ccc(OC)cc1)CC[C@H](C(C)(C)C)C3. The van der Waals surface area contributed by atoms with Crippen molar-refractivity contribution in [1.82, 2.24) is 14.9 Å². The summed E-state index contributed by atoms with van der Waals surface area (Å²) in [6, 6.07) is 7.37. The van der Waals surface area contributed by atoms with E-state index >= 15 is 0 Å². The van der Waals surface area contributed by atoms with E-state index in [1.54, 1.807) is 30.1 Å². The molecule has 1 N–H and O–H groups in total. The van der Waals surface area contributed by atoms with E-state index in [0.717, 1.165) is 40.8 Å². The standard InChI is InChI=1S/C24H29N3O3S2/c1-24(2,3)14-6-11-17-18(12-14)32-21-20(17)22(29)27(15-7-9-16(30-5)10-8-15)23(26-21)31-13-19(28)25-4/h7-10,14H,6,11-13H2,1-5H3,(H,25,28)/t14-/m0/s1. The van der Waals surface area contributed by atoms with Gasteiger partial charge in [-0.3, -0.25) is 14.2 Å². The molecule has 2 heterocycles. The van der Waals surface area contributed by atoms with Gasteiger partial charge in [-0.05, 0) is 60.4 Å². The Morgan fingerprint density at radius 3 is 2.66 bits per heavy atom. The lowest BCUT2D eigenvalue weighted by Gasteiger charge is -2.33. The molecule has 0 fully saturated rings. The second-order valence-corrected chi connectivity index (χ2v) is 11.2. The van der Waals surface area contributed by atoms with Gasteiger partial charge < -0.3 is 10.1 Å². The maximum absolute atomic E-state index is 13.8. The van der Waals surface area contributed by atoms with E-state index in [9.17, 15) is 9.59 Å². The fraction of sp³-hybridized carbons (Fsp3) is 0.458. The van der Waals surface area contributed by atoms with Gasteiger partial charge in [0.25, 0.3) is 5.56 Å². The number of aryl methyl sites for hydroxylation is 1. The summed E-state index contributed by atoms with van der Waals surface area (Å²) in [7, 11) is 3.22. The highest BCUT2D eigenvalue weighted by Gasteiger charge is 2.32. The molecular weight excluding hydrogens is 442 g/mol. The summed E-state index contributed by atoms with van der Waals surface area (Å²) in [6.07, 6.45) is 2.97. The number of aromatic nitrogens is 2. The zero-order valence-corrected chi connectivity index (χ0v) is 20.8. The molecule has 0 aliphatic heterocycles. The van der Waals surface area contributed by atoms with E-state index in [1.165, 1.54) is 16.6 Å². The van der Waals surface area contributed by atoms with Gasteiger partial charge in [0.1, 0.15) is 10.6 Å². The Labute approximate surface area is 196 Å². The van der Waals surface area contributed by atoms with Crippen LogP contribution in [0.15, 0.2) is 34.2 Å². The molecule has 0 saturated carbocycles. The lowest BCUT2D eigenvalue weighted by Crippen LogP contribution is -2.27. The Balaban J connectivity index is 1.86. The third-order valence-electron chi connectivity index (χ3n) is 6.22. The van der Waals surface area contributed by atoms with Crippen molar-refractivity contribution >= 4 is 39.2 Å². The summed E-state index contributed by atoms with van der Waals surface area (Å²) in [4.78, 5) is 32.7. The number of ether oxygens (including phenoxy) is 1. The van der Waals surface area contributed by atoms with E-state index in [2.05, 4.69) is 26.1 Å². The van der Waals surface area contributed by atoms with E-state index in [4.69, 9.17) is 9.72 Å². The maximum Gasteiger partial charge on any atom is 0.267 e. The van der Waals surface area contributed by atoms with Crippen molar-refractivity contribution in [3.8, 4) is 11.4 Å². The van der Waals surface area contributed by atoms with Crippen molar-refractivity contribution in [2.75, 3.05) is 19.9 Å². The number of thiophene rings is 1. The van der Waals surface area contributed by atoms with E-state index in [-0.39, 0.29) is 22.6 Å². The molecule has 0 bridgehead atoms. The minimum atomic E-state index is -0.107. The molecule has 0 spiro atoms. The van der Waals surface area contributed by atoms with Gasteiger partial charge >= 0.3 is 0 Å². The van der Waals surface area contributed by atoms with Crippen molar-refractivity contribution in [3.63, 3.8) is 0 Å². The largest absolute Gasteiger partial charge is 0.497 e. The molecule has 6 nitrogen and oxygen atoms in total. The zero-order valence-electron chi connectivity index (χ0n) is 19.2. The number of nitrogens with one attached hydrogen (secondary N) is 1. The molecule has 0 saturated heterocycles. The average Bonchev–Trinajstić information content (AvgIpc) is 3.15. The topological polar surface area (TPSA) is 73.2 Å². The van der Waals surface area contributed by atoms with Gasteiger partial charge in [0.15, 0.2) is 5.16 Å². The van der Waals surface area contributed by atoms with Crippen LogP contribution in [0.1, 0.15) is 37.6 Å². The Bertz CT molecular complexity index is 1210. The number of hydrogen-bond acceptors (Lipinski definition) is 6. The van der Waals surface area contributed by atoms with Gasteiger partial charge in [0.05, 0.1) is 23.9 Å². The summed E-state index contributed by atoms with van der Waals surface area (Å²) in [5.41, 5.74) is 2.05. The second-order valence-electron chi connectivity index (χ2n) is 9.18. The predicted molar refractivity (Wildman–Crippen MR) is 132 cm³/mol. The summed E-state index contributed by atoms with van der Waals surface area (Å²) >= 11 is 2.92. The number of amides is 1. The number of rotatable bonds is 5. The van der Waals surface area contributed by atoms with E-state index < -0.39 is 0 Å². The first-order chi connectivity index (χ1) is 15.2. The monoisotopic (exact) mass is 471 g/mol. The first kappa shape index (κ1) is 22.9. The van der Waals surface area contributed by atoms with Crippen LogP contribution in [0.4, 0.5) is 0 Å². The highest BCUT2D eigenvalue weighted by molar-refractivity contribution is 7.99. The number of nitrogens with zero attached hydrogens (tertiary/aromatic N) is 2. The van der Waals surface area contributed by atoms with Crippen LogP contribution in [0, 0.1) is 11.3 Å². The summed E-state index contributed by atoms with van der Waals surface area (Å²) in [5.74, 6) is 1.40. The van der Waals surface area contributed by atoms with Crippen LogP contribution >= 0.6 is 23.1 Å². The lowest BCUT2D eigenvalue weighted by atomic mass is 9.72. The number of carbonyl (C=O) groups is 1. The molecule has 1 aliphatic carbocycles. The number of benzene rings is 1. The van der Waals surface area contributed by atoms with Crippen LogP contribution in [0.2, 0.25) is 0 Å². The minimum absolute atomic E-state index is 0.0636. The molecule has 1 aliphatic rings. The molecule has 2 aromatic heterocycles. The van der Waals surface area contributed by atoms with Crippen LogP contribution in [0.5, 0.6) is 5.75 Å². The fourth-order valence-corrected chi connectivity index (χ4v) is 6.43. The lowest BCUT2D eigenvalue weighted by molar-refractivity contribution is -0.118. The number of fused-ring (bicyclic) bond motifs is 3. The van der Waals surface area contributed by atoms with Crippen LogP contribution in [0.3, 0.4) is 0 Å². The van der Waals surface area contributed by atoms with Crippen LogP contribution in [-0.2, 0) is 17.6 Å². The van der Waals surface area contributed by atoms with Crippen LogP contribution in [-0.4, -0.2) is 35.4 Å². The highest BCUT2D eigenvalue weighted by atomic mass is 32.2. The quantitative estimate of drug-likeness (QED) is 0.440. The Morgan fingerprint density at radius 2 is 2.03 bits per heavy atom. The van der Waals surface area contributed by atoms with E-state index in [1.807, 2.05) is 24.3 Å². The second kappa shape index (κ2) is 8.90. The van der Waals surface area contributed by atoms with Gasteiger partial charge in [-0.15, -0.1) is 11.3 Å². The third kappa shape index (κ3) is 4.30. The smallest absolute Gasteiger partial charge is 0.267 e. The molecule has 0 radical (unpaired) electrons. The molecule has 0 unspecified atom stereocenters. The summed E-state index contributed by atoms with van der Waals surface area (Å²) in [6.45, 7) is 6.87. The van der Waals surface area contributed by atoms with Gasteiger partial charge in [0.2, 0.25) is 5.91 Å². The van der Waals surface area contributed by atoms with Crippen LogP contribution < -0.4 is 15.6 Å². The average molecular weight is 472 g/mol. The molecule has 8 heteroatoms. The van der Waals surface area contributed by atoms with Gasteiger partial charge in [-0.1, -0.05) is 32.5 Å². The van der Waals surface area contributed by atoms with Gasteiger partial charge in [-0.2, -0.15) is 0 Å². The molecule has 1 atom stereocenters. The first-order valence-electron chi connectivity index (χ1n) is 10.8. The number of carbonyl (C=O) groups excluding carboxylic acids is 1. The number of methoxy groups -OCH3 is 1. The molecule has 3 aromatic rings. The normalized spacial score (nSPS) is 16.1. The number of thioether (sulfide) groups is 1. The van der Waals surface area contributed by atoms with Crippen LogP contribution in [0.25, 0.3) is 15.9 Å². The molecular formula is C24H29N3O3S2. The molecule has 1 aromatic carbocycles. The fourth-order valence-electron chi connectivity index (χ4n) is 4.20. The molecule has 32 heavy (non-hydrogen) atoms. The van der Waals surface area contributed by atoms with E-state index in [0.29, 0.717) is 16.8 Å². The zero-order chi connectivity index (χ0) is 23.0. The predicted octanol–water partition coefficient (Wildman–Crippen LogP) is 4.44. The third-order valence-corrected chi connectivity index (χ3v) is 8.31. The van der Waals surface area contributed by atoms with Crippen molar-refractivity contribution in [2.45, 2.75) is 45.2 Å². The highest BCUT2D eigenvalue weighted by Crippen LogP contribution is 2.42. The van der Waals surface area contributed by atoms with Crippen molar-refractivity contribution < 1.29 is 9.53 Å². The Hall–Kier alpha value is -2.32. The number of hydrogen-bond donors (Lipinski definition) is 1. The first-order valence-corrected chi connectivity index (χ1v) is 12.6. The van der Waals surface area contributed by atoms with Crippen molar-refractivity contribution in [1.29, 1.82) is 0 Å². The maximum atomic E-state index is 13.8.